The number of esters is 1. The molecule has 0 aliphatic rings. The van der Waals surface area contributed by atoms with Gasteiger partial charge in [0.05, 0.1) is 4.90 Å². The molecule has 2 amide bonds. The number of anilines is 1. The van der Waals surface area contributed by atoms with E-state index in [1.165, 1.54) is 36.0 Å². The number of nitrogens with two attached hydrogens (primary N) is 1. The lowest BCUT2D eigenvalue weighted by Gasteiger charge is -2.18. The lowest BCUT2D eigenvalue weighted by atomic mass is 10.1. The Labute approximate surface area is 191 Å². The number of rotatable bonds is 10. The molecule has 11 heteroatoms. The maximum absolute atomic E-state index is 12.6. The van der Waals surface area contributed by atoms with E-state index in [-0.39, 0.29) is 4.90 Å². The lowest BCUT2D eigenvalue weighted by molar-refractivity contribution is -0.149. The highest BCUT2D eigenvalue weighted by Gasteiger charge is 2.24. The minimum absolute atomic E-state index is 0.0945. The van der Waals surface area contributed by atoms with Crippen molar-refractivity contribution in [2.45, 2.75) is 24.3 Å². The van der Waals surface area contributed by atoms with Gasteiger partial charge in [0.15, 0.2) is 6.61 Å². The van der Waals surface area contributed by atoms with E-state index >= 15 is 0 Å². The maximum atomic E-state index is 12.6. The van der Waals surface area contributed by atoms with E-state index in [0.29, 0.717) is 23.4 Å². The van der Waals surface area contributed by atoms with Crippen LogP contribution < -0.4 is 15.8 Å². The van der Waals surface area contributed by atoms with Gasteiger partial charge < -0.3 is 15.4 Å². The van der Waals surface area contributed by atoms with Crippen LogP contribution in [-0.4, -0.2) is 50.9 Å². The molecule has 0 aliphatic carbocycles. The van der Waals surface area contributed by atoms with Gasteiger partial charge in [-0.3, -0.25) is 9.59 Å². The zero-order valence-corrected chi connectivity index (χ0v) is 19.3. The highest BCUT2D eigenvalue weighted by Crippen LogP contribution is 2.13. The van der Waals surface area contributed by atoms with Crippen LogP contribution in [0.15, 0.2) is 53.4 Å². The Morgan fingerprint density at radius 2 is 1.75 bits per heavy atom. The van der Waals surface area contributed by atoms with Crippen molar-refractivity contribution in [3.8, 4) is 0 Å². The standard InChI is InChI=1S/C21H25N3O6S2/c1-14-5-3-4-6-17(14)20(26)24-18(11-12-31-2)21(27)30-13-19(25)23-15-7-9-16(10-8-15)32(22,28)29/h3-10,18H,11-13H2,1-2H3,(H,23,25)(H,24,26)(H2,22,28,29)/t18-/m1/s1. The number of carbonyl (C=O) groups is 3. The van der Waals surface area contributed by atoms with Crippen molar-refractivity contribution in [3.05, 3.63) is 59.7 Å². The van der Waals surface area contributed by atoms with Crippen LogP contribution in [0.1, 0.15) is 22.3 Å². The third-order valence-corrected chi connectivity index (χ3v) is 5.98. The Hall–Kier alpha value is -2.89. The summed E-state index contributed by atoms with van der Waals surface area (Å²) in [7, 11) is -3.84. The summed E-state index contributed by atoms with van der Waals surface area (Å²) in [6.45, 7) is 1.23. The molecule has 32 heavy (non-hydrogen) atoms. The average Bonchev–Trinajstić information content (AvgIpc) is 2.74. The van der Waals surface area contributed by atoms with Crippen molar-refractivity contribution in [1.82, 2.24) is 5.32 Å². The number of hydrogen-bond acceptors (Lipinski definition) is 7. The van der Waals surface area contributed by atoms with Gasteiger partial charge in [-0.05, 0) is 61.2 Å². The normalized spacial score (nSPS) is 12.0. The minimum atomic E-state index is -3.84. The van der Waals surface area contributed by atoms with E-state index in [0.717, 1.165) is 5.56 Å². The third-order valence-electron chi connectivity index (χ3n) is 4.40. The summed E-state index contributed by atoms with van der Waals surface area (Å²) in [5, 5.41) is 10.2. The van der Waals surface area contributed by atoms with Gasteiger partial charge in [0, 0.05) is 11.3 Å². The van der Waals surface area contributed by atoms with Gasteiger partial charge in [-0.2, -0.15) is 11.8 Å². The molecule has 0 bridgehead atoms. The van der Waals surface area contributed by atoms with E-state index in [2.05, 4.69) is 10.6 Å². The summed E-state index contributed by atoms with van der Waals surface area (Å²) in [4.78, 5) is 37.1. The maximum Gasteiger partial charge on any atom is 0.329 e. The van der Waals surface area contributed by atoms with Crippen molar-refractivity contribution >= 4 is 45.3 Å². The predicted octanol–water partition coefficient (Wildman–Crippen LogP) is 1.68. The number of ether oxygens (including phenoxy) is 1. The van der Waals surface area contributed by atoms with Gasteiger partial charge in [0.25, 0.3) is 11.8 Å². The molecule has 0 saturated heterocycles. The molecule has 0 radical (unpaired) electrons. The van der Waals surface area contributed by atoms with Crippen LogP contribution in [0.2, 0.25) is 0 Å². The zero-order valence-electron chi connectivity index (χ0n) is 17.7. The fourth-order valence-electron chi connectivity index (χ4n) is 2.71. The number of amides is 2. The van der Waals surface area contributed by atoms with Crippen LogP contribution in [0.3, 0.4) is 0 Å². The SMILES string of the molecule is CSCC[C@@H](NC(=O)c1ccccc1C)C(=O)OCC(=O)Nc1ccc(S(N)(=O)=O)cc1. The Balaban J connectivity index is 1.95. The molecule has 1 atom stereocenters. The molecule has 0 spiro atoms. The Morgan fingerprint density at radius 3 is 2.34 bits per heavy atom. The number of hydrogen-bond donors (Lipinski definition) is 3. The van der Waals surface area contributed by atoms with Crippen LogP contribution in [0.25, 0.3) is 0 Å². The zero-order chi connectivity index (χ0) is 23.7. The van der Waals surface area contributed by atoms with Gasteiger partial charge in [0.1, 0.15) is 6.04 Å². The van der Waals surface area contributed by atoms with Crippen LogP contribution in [0.4, 0.5) is 5.69 Å². The summed E-state index contributed by atoms with van der Waals surface area (Å²) in [6, 6.07) is 11.3. The molecule has 0 heterocycles. The summed E-state index contributed by atoms with van der Waals surface area (Å²) in [5.74, 6) is -1.13. The highest BCUT2D eigenvalue weighted by atomic mass is 32.2. The Bertz CT molecular complexity index is 1070. The second-order valence-corrected chi connectivity index (χ2v) is 9.39. The predicted molar refractivity (Wildman–Crippen MR) is 123 cm³/mol. The summed E-state index contributed by atoms with van der Waals surface area (Å²) < 4.78 is 27.6. The molecule has 4 N–H and O–H groups in total. The van der Waals surface area contributed by atoms with Gasteiger partial charge in [-0.15, -0.1) is 0 Å². The first-order valence-corrected chi connectivity index (χ1v) is 12.5. The molecule has 0 fully saturated rings. The molecular weight excluding hydrogens is 454 g/mol. The fourth-order valence-corrected chi connectivity index (χ4v) is 3.70. The van der Waals surface area contributed by atoms with Crippen LogP contribution in [-0.2, 0) is 24.3 Å². The minimum Gasteiger partial charge on any atom is -0.454 e. The molecule has 172 valence electrons. The van der Waals surface area contributed by atoms with E-state index in [1.807, 2.05) is 12.3 Å². The van der Waals surface area contributed by atoms with E-state index in [1.54, 1.807) is 25.1 Å². The van der Waals surface area contributed by atoms with Crippen molar-refractivity contribution < 1.29 is 27.5 Å². The quantitative estimate of drug-likeness (QED) is 0.440. The number of aryl methyl sites for hydroxylation is 1. The average molecular weight is 480 g/mol. The van der Waals surface area contributed by atoms with E-state index < -0.39 is 40.5 Å². The molecule has 0 saturated carbocycles. The Morgan fingerprint density at radius 1 is 1.09 bits per heavy atom. The van der Waals surface area contributed by atoms with Crippen molar-refractivity contribution in [3.63, 3.8) is 0 Å². The first-order valence-electron chi connectivity index (χ1n) is 9.56. The molecule has 0 aromatic heterocycles. The van der Waals surface area contributed by atoms with Crippen molar-refractivity contribution in [2.24, 2.45) is 5.14 Å². The van der Waals surface area contributed by atoms with E-state index in [4.69, 9.17) is 9.88 Å². The van der Waals surface area contributed by atoms with Gasteiger partial charge in [0.2, 0.25) is 10.0 Å². The molecule has 2 aromatic rings. The van der Waals surface area contributed by atoms with Crippen LogP contribution in [0.5, 0.6) is 0 Å². The van der Waals surface area contributed by atoms with Crippen molar-refractivity contribution in [2.75, 3.05) is 23.9 Å². The highest BCUT2D eigenvalue weighted by molar-refractivity contribution is 7.98. The monoisotopic (exact) mass is 479 g/mol. The molecule has 0 unspecified atom stereocenters. The fraction of sp³-hybridized carbons (Fsp3) is 0.286. The first-order chi connectivity index (χ1) is 15.1. The first kappa shape index (κ1) is 25.4. The third kappa shape index (κ3) is 7.66. The summed E-state index contributed by atoms with van der Waals surface area (Å²) >= 11 is 1.51. The van der Waals surface area contributed by atoms with Gasteiger partial charge in [-0.25, -0.2) is 18.4 Å². The molecular formula is C21H25N3O6S2. The van der Waals surface area contributed by atoms with Crippen LogP contribution in [0, 0.1) is 6.92 Å². The largest absolute Gasteiger partial charge is 0.454 e. The summed E-state index contributed by atoms with van der Waals surface area (Å²) in [5.41, 5.74) is 1.54. The molecule has 0 aliphatic heterocycles. The number of benzene rings is 2. The second kappa shape index (κ2) is 11.7. The lowest BCUT2D eigenvalue weighted by Crippen LogP contribution is -2.43. The number of sulfonamides is 1. The smallest absolute Gasteiger partial charge is 0.329 e. The molecule has 2 aromatic carbocycles. The molecule has 2 rings (SSSR count). The Kier molecular flexibility index (Phi) is 9.24. The summed E-state index contributed by atoms with van der Waals surface area (Å²) in [6.07, 6.45) is 2.22. The van der Waals surface area contributed by atoms with E-state index in [9.17, 15) is 22.8 Å². The number of thioether (sulfide) groups is 1. The van der Waals surface area contributed by atoms with Crippen molar-refractivity contribution in [1.29, 1.82) is 0 Å². The topological polar surface area (TPSA) is 145 Å². The number of primary sulfonamides is 1. The number of nitrogens with one attached hydrogen (secondary N) is 2. The van der Waals surface area contributed by atoms with Crippen LogP contribution >= 0.6 is 11.8 Å². The van der Waals surface area contributed by atoms with Gasteiger partial charge >= 0.3 is 5.97 Å². The number of carbonyl (C=O) groups excluding carboxylic acids is 3. The van der Waals surface area contributed by atoms with Gasteiger partial charge in [-0.1, -0.05) is 18.2 Å². The second-order valence-electron chi connectivity index (χ2n) is 6.85. The molecule has 9 nitrogen and oxygen atoms in total.